The number of aryl methyl sites for hydroxylation is 1. The van der Waals surface area contributed by atoms with Crippen LogP contribution < -0.4 is 16.0 Å². The number of nitrogens with zero attached hydrogens (tertiary/aromatic N) is 1. The molecule has 5 nitrogen and oxygen atoms in total. The molecule has 0 unspecified atom stereocenters. The van der Waals surface area contributed by atoms with Crippen LogP contribution in [0.1, 0.15) is 17.1 Å². The van der Waals surface area contributed by atoms with Gasteiger partial charge in [0.25, 0.3) is 5.56 Å². The molecule has 0 amide bonds. The third kappa shape index (κ3) is 2.68. The summed E-state index contributed by atoms with van der Waals surface area (Å²) in [6, 6.07) is 7.04. The van der Waals surface area contributed by atoms with Crippen LogP contribution in [-0.2, 0) is 6.42 Å². The second-order valence-electron chi connectivity index (χ2n) is 4.08. The third-order valence-corrected chi connectivity index (χ3v) is 2.59. The molecule has 0 saturated heterocycles. The van der Waals surface area contributed by atoms with Crippen LogP contribution in [0.4, 0.5) is 5.69 Å². The standard InChI is InChI=1S/C13H15N3O2/c1-8-15-10(7-13(17)16-8)5-9-3-4-12(18-2)11(14)6-9/h3-4,6-7H,5,14H2,1-2H3,(H,15,16,17). The van der Waals surface area contributed by atoms with Crippen molar-refractivity contribution < 1.29 is 4.74 Å². The molecule has 0 aliphatic rings. The van der Waals surface area contributed by atoms with Gasteiger partial charge in [-0.25, -0.2) is 4.98 Å². The molecule has 0 bridgehead atoms. The second-order valence-corrected chi connectivity index (χ2v) is 4.08. The van der Waals surface area contributed by atoms with Crippen LogP contribution in [0.3, 0.4) is 0 Å². The lowest BCUT2D eigenvalue weighted by atomic mass is 10.1. The van der Waals surface area contributed by atoms with Gasteiger partial charge in [0.15, 0.2) is 0 Å². The maximum absolute atomic E-state index is 11.3. The lowest BCUT2D eigenvalue weighted by Crippen LogP contribution is -2.10. The maximum Gasteiger partial charge on any atom is 0.251 e. The van der Waals surface area contributed by atoms with Crippen LogP contribution in [0, 0.1) is 6.92 Å². The molecule has 0 spiro atoms. The Morgan fingerprint density at radius 2 is 2.17 bits per heavy atom. The van der Waals surface area contributed by atoms with Crippen LogP contribution in [0.5, 0.6) is 5.75 Å². The summed E-state index contributed by atoms with van der Waals surface area (Å²) < 4.78 is 5.09. The van der Waals surface area contributed by atoms with Gasteiger partial charge in [-0.3, -0.25) is 4.79 Å². The number of nitrogen functional groups attached to an aromatic ring is 1. The normalized spacial score (nSPS) is 10.3. The van der Waals surface area contributed by atoms with Crippen LogP contribution in [0.2, 0.25) is 0 Å². The predicted molar refractivity (Wildman–Crippen MR) is 69.8 cm³/mol. The van der Waals surface area contributed by atoms with Gasteiger partial charge in [-0.2, -0.15) is 0 Å². The summed E-state index contributed by atoms with van der Waals surface area (Å²) in [5.74, 6) is 1.26. The molecule has 18 heavy (non-hydrogen) atoms. The molecule has 0 radical (unpaired) electrons. The van der Waals surface area contributed by atoms with Gasteiger partial charge in [-0.15, -0.1) is 0 Å². The van der Waals surface area contributed by atoms with Crippen molar-refractivity contribution in [2.24, 2.45) is 0 Å². The second kappa shape index (κ2) is 4.91. The first-order valence-corrected chi connectivity index (χ1v) is 5.57. The highest BCUT2D eigenvalue weighted by molar-refractivity contribution is 5.54. The zero-order valence-corrected chi connectivity index (χ0v) is 10.4. The van der Waals surface area contributed by atoms with Gasteiger partial charge in [-0.05, 0) is 24.6 Å². The van der Waals surface area contributed by atoms with Crippen molar-refractivity contribution in [2.75, 3.05) is 12.8 Å². The molecule has 2 rings (SSSR count). The number of rotatable bonds is 3. The minimum atomic E-state index is -0.140. The first kappa shape index (κ1) is 12.2. The van der Waals surface area contributed by atoms with Crippen LogP contribution in [0.15, 0.2) is 29.1 Å². The van der Waals surface area contributed by atoms with Gasteiger partial charge in [0.05, 0.1) is 18.5 Å². The highest BCUT2D eigenvalue weighted by Gasteiger charge is 2.04. The van der Waals surface area contributed by atoms with Crippen LogP contribution >= 0.6 is 0 Å². The summed E-state index contributed by atoms with van der Waals surface area (Å²) >= 11 is 0. The Bertz CT molecular complexity index is 620. The number of hydrogen-bond donors (Lipinski definition) is 2. The number of anilines is 1. The van der Waals surface area contributed by atoms with Crippen molar-refractivity contribution in [2.45, 2.75) is 13.3 Å². The SMILES string of the molecule is COc1ccc(Cc2cc(=O)[nH]c(C)n2)cc1N. The number of ether oxygens (including phenoxy) is 1. The Balaban J connectivity index is 2.28. The minimum Gasteiger partial charge on any atom is -0.495 e. The predicted octanol–water partition coefficient (Wildman–Crippen LogP) is 1.26. The van der Waals surface area contributed by atoms with Gasteiger partial charge >= 0.3 is 0 Å². The van der Waals surface area contributed by atoms with E-state index in [0.29, 0.717) is 23.7 Å². The molecule has 2 aromatic rings. The lowest BCUT2D eigenvalue weighted by molar-refractivity contribution is 0.417. The molecule has 1 heterocycles. The summed E-state index contributed by atoms with van der Waals surface area (Å²) in [5.41, 5.74) is 7.99. The van der Waals surface area contributed by atoms with Gasteiger partial charge in [-0.1, -0.05) is 6.07 Å². The number of benzene rings is 1. The molecular formula is C13H15N3O2. The Kier molecular flexibility index (Phi) is 3.32. The Morgan fingerprint density at radius 3 is 2.78 bits per heavy atom. The molecule has 0 atom stereocenters. The topological polar surface area (TPSA) is 81.0 Å². The molecule has 3 N–H and O–H groups in total. The quantitative estimate of drug-likeness (QED) is 0.798. The summed E-state index contributed by atoms with van der Waals surface area (Å²) in [6.07, 6.45) is 0.568. The van der Waals surface area contributed by atoms with Gasteiger partial charge in [0, 0.05) is 12.5 Å². The lowest BCUT2D eigenvalue weighted by Gasteiger charge is -2.07. The van der Waals surface area contributed by atoms with Crippen LogP contribution in [-0.4, -0.2) is 17.1 Å². The number of hydrogen-bond acceptors (Lipinski definition) is 4. The number of aromatic amines is 1. The van der Waals surface area contributed by atoms with E-state index < -0.39 is 0 Å². The highest BCUT2D eigenvalue weighted by Crippen LogP contribution is 2.22. The van der Waals surface area contributed by atoms with E-state index in [0.717, 1.165) is 11.3 Å². The average Bonchev–Trinajstić information content (AvgIpc) is 2.27. The fraction of sp³-hybridized carbons (Fsp3) is 0.231. The smallest absolute Gasteiger partial charge is 0.251 e. The fourth-order valence-corrected chi connectivity index (χ4v) is 1.83. The molecule has 94 valence electrons. The molecule has 5 heteroatoms. The molecule has 0 saturated carbocycles. The van der Waals surface area contributed by atoms with Crippen molar-refractivity contribution in [3.8, 4) is 5.75 Å². The van der Waals surface area contributed by atoms with Crippen molar-refractivity contribution in [1.29, 1.82) is 0 Å². The van der Waals surface area contributed by atoms with E-state index in [2.05, 4.69) is 9.97 Å². The van der Waals surface area contributed by atoms with Gasteiger partial charge in [0.2, 0.25) is 0 Å². The summed E-state index contributed by atoms with van der Waals surface area (Å²) in [4.78, 5) is 18.2. The number of methoxy groups -OCH3 is 1. The van der Waals surface area contributed by atoms with E-state index in [1.807, 2.05) is 18.2 Å². The molecule has 1 aromatic heterocycles. The zero-order valence-electron chi connectivity index (χ0n) is 10.4. The molecule has 1 aromatic carbocycles. The van der Waals surface area contributed by atoms with Gasteiger partial charge < -0.3 is 15.5 Å². The summed E-state index contributed by atoms with van der Waals surface area (Å²) in [7, 11) is 1.58. The highest BCUT2D eigenvalue weighted by atomic mass is 16.5. The van der Waals surface area contributed by atoms with E-state index in [-0.39, 0.29) is 5.56 Å². The Labute approximate surface area is 105 Å². The number of nitrogens with two attached hydrogens (primary N) is 1. The molecule has 0 fully saturated rings. The molecular weight excluding hydrogens is 230 g/mol. The van der Waals surface area contributed by atoms with Crippen molar-refractivity contribution >= 4 is 5.69 Å². The van der Waals surface area contributed by atoms with Crippen molar-refractivity contribution in [3.05, 3.63) is 51.7 Å². The zero-order chi connectivity index (χ0) is 13.1. The van der Waals surface area contributed by atoms with Crippen molar-refractivity contribution in [1.82, 2.24) is 9.97 Å². The number of aromatic nitrogens is 2. The third-order valence-electron chi connectivity index (χ3n) is 2.59. The first-order valence-electron chi connectivity index (χ1n) is 5.57. The van der Waals surface area contributed by atoms with E-state index in [1.165, 1.54) is 6.07 Å². The minimum absolute atomic E-state index is 0.140. The Morgan fingerprint density at radius 1 is 1.39 bits per heavy atom. The van der Waals surface area contributed by atoms with Crippen LogP contribution in [0.25, 0.3) is 0 Å². The number of H-pyrrole nitrogens is 1. The first-order chi connectivity index (χ1) is 8.58. The van der Waals surface area contributed by atoms with E-state index in [4.69, 9.17) is 10.5 Å². The number of nitrogens with one attached hydrogen (secondary N) is 1. The van der Waals surface area contributed by atoms with Crippen molar-refractivity contribution in [3.63, 3.8) is 0 Å². The maximum atomic E-state index is 11.3. The average molecular weight is 245 g/mol. The molecule has 0 aliphatic carbocycles. The summed E-state index contributed by atoms with van der Waals surface area (Å²) in [6.45, 7) is 1.76. The van der Waals surface area contributed by atoms with E-state index in [9.17, 15) is 4.79 Å². The Hall–Kier alpha value is -2.30. The summed E-state index contributed by atoms with van der Waals surface area (Å²) in [5, 5.41) is 0. The monoisotopic (exact) mass is 245 g/mol. The van der Waals surface area contributed by atoms with Gasteiger partial charge in [0.1, 0.15) is 11.6 Å². The fourth-order valence-electron chi connectivity index (χ4n) is 1.83. The van der Waals surface area contributed by atoms with E-state index >= 15 is 0 Å². The van der Waals surface area contributed by atoms with E-state index in [1.54, 1.807) is 14.0 Å². The molecule has 0 aliphatic heterocycles. The largest absolute Gasteiger partial charge is 0.495 e.